The highest BCUT2D eigenvalue weighted by atomic mass is 32.2. The van der Waals surface area contributed by atoms with Crippen LogP contribution in [0, 0.1) is 5.92 Å². The minimum atomic E-state index is -0.152. The second kappa shape index (κ2) is 10.2. The van der Waals surface area contributed by atoms with Crippen LogP contribution in [-0.4, -0.2) is 35.8 Å². The number of carbonyl (C=O) groups is 2. The normalized spacial score (nSPS) is 18.3. The number of hydrogen-bond donors (Lipinski definition) is 1. The van der Waals surface area contributed by atoms with E-state index in [0.29, 0.717) is 17.4 Å². The summed E-state index contributed by atoms with van der Waals surface area (Å²) < 4.78 is 5.51. The topological polar surface area (TPSA) is 62.6 Å². The quantitative estimate of drug-likeness (QED) is 0.669. The molecule has 1 aromatic heterocycles. The third-order valence-corrected chi connectivity index (χ3v) is 7.25. The maximum absolute atomic E-state index is 12.8. The van der Waals surface area contributed by atoms with E-state index in [1.165, 1.54) is 24.2 Å². The van der Waals surface area contributed by atoms with Gasteiger partial charge in [-0.15, -0.1) is 11.8 Å². The Balaban J connectivity index is 1.26. The molecule has 2 amide bonds. The molecule has 2 fully saturated rings. The summed E-state index contributed by atoms with van der Waals surface area (Å²) in [6.45, 7) is 1.46. The van der Waals surface area contributed by atoms with Gasteiger partial charge < -0.3 is 14.6 Å². The standard InChI is InChI=1S/C24H30N2O3S/c27-23(22-19(13-16-29-22)17-30-21-9-5-2-6-10-21)25-20-11-14-26(15-12-20)24(28)18-7-3-1-4-8-18/h2,5-6,9-10,13,16,18,20H,1,3-4,7-8,11-12,14-15,17H2,(H,25,27). The zero-order chi connectivity index (χ0) is 20.8. The lowest BCUT2D eigenvalue weighted by atomic mass is 9.87. The van der Waals surface area contributed by atoms with Crippen LogP contribution in [0.1, 0.15) is 61.1 Å². The molecule has 5 nitrogen and oxygen atoms in total. The molecule has 1 aliphatic heterocycles. The number of hydrogen-bond acceptors (Lipinski definition) is 4. The Kier molecular flexibility index (Phi) is 7.16. The van der Waals surface area contributed by atoms with Crippen molar-refractivity contribution in [1.82, 2.24) is 10.2 Å². The van der Waals surface area contributed by atoms with Gasteiger partial charge in [0.1, 0.15) is 0 Å². The van der Waals surface area contributed by atoms with Crippen LogP contribution in [0.3, 0.4) is 0 Å². The van der Waals surface area contributed by atoms with E-state index in [9.17, 15) is 9.59 Å². The van der Waals surface area contributed by atoms with Crippen LogP contribution in [0.25, 0.3) is 0 Å². The third kappa shape index (κ3) is 5.28. The van der Waals surface area contributed by atoms with Crippen molar-refractivity contribution in [1.29, 1.82) is 0 Å². The zero-order valence-corrected chi connectivity index (χ0v) is 18.2. The maximum Gasteiger partial charge on any atom is 0.287 e. The first kappa shape index (κ1) is 21.0. The van der Waals surface area contributed by atoms with Gasteiger partial charge in [0, 0.05) is 41.3 Å². The average molecular weight is 427 g/mol. The van der Waals surface area contributed by atoms with Gasteiger partial charge in [-0.1, -0.05) is 37.5 Å². The van der Waals surface area contributed by atoms with E-state index in [4.69, 9.17) is 4.42 Å². The van der Waals surface area contributed by atoms with Crippen molar-refractivity contribution >= 4 is 23.6 Å². The summed E-state index contributed by atoms with van der Waals surface area (Å²) in [7, 11) is 0. The number of benzene rings is 1. The molecule has 1 aliphatic carbocycles. The van der Waals surface area contributed by atoms with Gasteiger partial charge in [0.2, 0.25) is 5.91 Å². The molecule has 0 unspecified atom stereocenters. The van der Waals surface area contributed by atoms with Gasteiger partial charge >= 0.3 is 0 Å². The van der Waals surface area contributed by atoms with Crippen molar-refractivity contribution in [2.75, 3.05) is 13.1 Å². The van der Waals surface area contributed by atoms with Gasteiger partial charge in [0.25, 0.3) is 5.91 Å². The Bertz CT molecular complexity index is 837. The van der Waals surface area contributed by atoms with E-state index in [-0.39, 0.29) is 17.9 Å². The van der Waals surface area contributed by atoms with Crippen LogP contribution in [0.4, 0.5) is 0 Å². The van der Waals surface area contributed by atoms with Crippen molar-refractivity contribution in [3.8, 4) is 0 Å². The summed E-state index contributed by atoms with van der Waals surface area (Å²) in [5.41, 5.74) is 0.909. The van der Waals surface area contributed by atoms with Gasteiger partial charge in [-0.3, -0.25) is 9.59 Å². The molecule has 1 N–H and O–H groups in total. The number of furan rings is 1. The van der Waals surface area contributed by atoms with E-state index in [0.717, 1.165) is 44.3 Å². The molecule has 1 saturated heterocycles. The molecule has 4 rings (SSSR count). The smallest absolute Gasteiger partial charge is 0.287 e. The monoisotopic (exact) mass is 426 g/mol. The molecule has 2 aliphatic rings. The minimum Gasteiger partial charge on any atom is -0.459 e. The molecule has 0 spiro atoms. The predicted octanol–water partition coefficient (Wildman–Crippen LogP) is 4.87. The van der Waals surface area contributed by atoms with E-state index < -0.39 is 0 Å². The number of nitrogens with one attached hydrogen (secondary N) is 1. The van der Waals surface area contributed by atoms with Gasteiger partial charge in [0.05, 0.1) is 6.26 Å². The summed E-state index contributed by atoms with van der Waals surface area (Å²) >= 11 is 1.69. The molecule has 6 heteroatoms. The Morgan fingerprint density at radius 2 is 1.73 bits per heavy atom. The first-order valence-corrected chi connectivity index (χ1v) is 12.0. The summed E-state index contributed by atoms with van der Waals surface area (Å²) in [6, 6.07) is 12.1. The van der Waals surface area contributed by atoms with E-state index in [2.05, 4.69) is 17.4 Å². The molecule has 160 valence electrons. The van der Waals surface area contributed by atoms with Crippen LogP contribution < -0.4 is 5.32 Å². The molecule has 0 atom stereocenters. The van der Waals surface area contributed by atoms with Crippen LogP contribution in [0.15, 0.2) is 52.0 Å². The summed E-state index contributed by atoms with van der Waals surface area (Å²) in [6.07, 6.45) is 8.89. The maximum atomic E-state index is 12.8. The first-order valence-electron chi connectivity index (χ1n) is 11.0. The van der Waals surface area contributed by atoms with Crippen molar-refractivity contribution < 1.29 is 14.0 Å². The largest absolute Gasteiger partial charge is 0.459 e. The molecule has 0 bridgehead atoms. The fraction of sp³-hybridized carbons (Fsp3) is 0.500. The molecule has 2 heterocycles. The fourth-order valence-electron chi connectivity index (χ4n) is 4.43. The molecular formula is C24H30N2O3S. The zero-order valence-electron chi connectivity index (χ0n) is 17.3. The van der Waals surface area contributed by atoms with Crippen LogP contribution in [-0.2, 0) is 10.5 Å². The van der Waals surface area contributed by atoms with Crippen LogP contribution >= 0.6 is 11.8 Å². The van der Waals surface area contributed by atoms with Gasteiger partial charge in [-0.2, -0.15) is 0 Å². The lowest BCUT2D eigenvalue weighted by molar-refractivity contribution is -0.137. The van der Waals surface area contributed by atoms with Gasteiger partial charge in [0.15, 0.2) is 5.76 Å². The number of piperidine rings is 1. The molecular weight excluding hydrogens is 396 g/mol. The highest BCUT2D eigenvalue weighted by molar-refractivity contribution is 7.98. The molecule has 1 saturated carbocycles. The lowest BCUT2D eigenvalue weighted by Gasteiger charge is -2.35. The Labute approximate surface area is 182 Å². The Hall–Kier alpha value is -2.21. The van der Waals surface area contributed by atoms with Crippen LogP contribution in [0.2, 0.25) is 0 Å². The van der Waals surface area contributed by atoms with E-state index in [1.54, 1.807) is 18.0 Å². The third-order valence-electron chi connectivity index (χ3n) is 6.19. The van der Waals surface area contributed by atoms with Crippen LogP contribution in [0.5, 0.6) is 0 Å². The minimum absolute atomic E-state index is 0.0904. The number of amides is 2. The SMILES string of the molecule is O=C(NC1CCN(C(=O)C2CCCCC2)CC1)c1occc1CSc1ccccc1. The fourth-order valence-corrected chi connectivity index (χ4v) is 5.33. The number of thioether (sulfide) groups is 1. The number of carbonyl (C=O) groups excluding carboxylic acids is 2. The summed E-state index contributed by atoms with van der Waals surface area (Å²) in [5, 5.41) is 3.12. The Morgan fingerprint density at radius 3 is 2.47 bits per heavy atom. The number of nitrogens with zero attached hydrogens (tertiary/aromatic N) is 1. The van der Waals surface area contributed by atoms with E-state index in [1.807, 2.05) is 29.2 Å². The molecule has 2 aromatic rings. The highest BCUT2D eigenvalue weighted by Crippen LogP contribution is 2.27. The number of likely N-dealkylation sites (tertiary alicyclic amines) is 1. The first-order chi connectivity index (χ1) is 14.7. The second-order valence-electron chi connectivity index (χ2n) is 8.28. The van der Waals surface area contributed by atoms with Crippen molar-refractivity contribution in [2.24, 2.45) is 5.92 Å². The van der Waals surface area contributed by atoms with Crippen molar-refractivity contribution in [3.63, 3.8) is 0 Å². The Morgan fingerprint density at radius 1 is 1.00 bits per heavy atom. The van der Waals surface area contributed by atoms with Gasteiger partial charge in [-0.25, -0.2) is 0 Å². The van der Waals surface area contributed by atoms with Gasteiger partial charge in [-0.05, 0) is 43.9 Å². The summed E-state index contributed by atoms with van der Waals surface area (Å²) in [5.74, 6) is 1.49. The predicted molar refractivity (Wildman–Crippen MR) is 118 cm³/mol. The lowest BCUT2D eigenvalue weighted by Crippen LogP contribution is -2.48. The summed E-state index contributed by atoms with van der Waals surface area (Å²) in [4.78, 5) is 28.7. The molecule has 30 heavy (non-hydrogen) atoms. The van der Waals surface area contributed by atoms with Crippen molar-refractivity contribution in [3.05, 3.63) is 54.0 Å². The number of rotatable bonds is 6. The highest BCUT2D eigenvalue weighted by Gasteiger charge is 2.30. The molecule has 1 aromatic carbocycles. The van der Waals surface area contributed by atoms with E-state index >= 15 is 0 Å². The van der Waals surface area contributed by atoms with Crippen molar-refractivity contribution in [2.45, 2.75) is 61.6 Å². The average Bonchev–Trinajstić information content (AvgIpc) is 3.28. The molecule has 0 radical (unpaired) electrons. The second-order valence-corrected chi connectivity index (χ2v) is 9.33.